The highest BCUT2D eigenvalue weighted by Gasteiger charge is 2.24. The average Bonchev–Trinajstić information content (AvgIpc) is 3.12. The van der Waals surface area contributed by atoms with Crippen LogP contribution in [0.3, 0.4) is 0 Å². The average molecular weight is 747 g/mol. The summed E-state index contributed by atoms with van der Waals surface area (Å²) in [5.41, 5.74) is 5.15. The zero-order valence-electron chi connectivity index (χ0n) is 29.3. The van der Waals surface area contributed by atoms with Gasteiger partial charge in [0.15, 0.2) is 0 Å². The van der Waals surface area contributed by atoms with Gasteiger partial charge in [0, 0.05) is 13.1 Å². The molecule has 0 fully saturated rings. The minimum absolute atomic E-state index is 0.108. The molecule has 0 atom stereocenters. The SMILES string of the molecule is CNCC(=O)N(CC(=O)NCCNC(=O)CN(CC(=O)OC)C(=O)CNC(=O)CNC(=O)CN(CC(=O)OC)C(=O)CNC(=O)CN)CC(=O)OC. The molecule has 0 heterocycles. The summed E-state index contributed by atoms with van der Waals surface area (Å²) >= 11 is 0. The number of nitrogens with one attached hydrogen (secondary N) is 6. The van der Waals surface area contributed by atoms with Crippen molar-refractivity contribution in [3.8, 4) is 0 Å². The van der Waals surface area contributed by atoms with Gasteiger partial charge in [0.05, 0.1) is 54.1 Å². The molecule has 0 aliphatic rings. The lowest BCUT2D eigenvalue weighted by Crippen LogP contribution is -2.50. The number of likely N-dealkylation sites (N-methyl/N-ethyl adjacent to an activating group) is 1. The summed E-state index contributed by atoms with van der Waals surface area (Å²) in [5, 5.41) is 14.1. The third-order valence-corrected chi connectivity index (χ3v) is 6.31. The van der Waals surface area contributed by atoms with Gasteiger partial charge in [-0.05, 0) is 7.05 Å². The van der Waals surface area contributed by atoms with Gasteiger partial charge in [-0.25, -0.2) is 0 Å². The van der Waals surface area contributed by atoms with Crippen molar-refractivity contribution in [3.63, 3.8) is 0 Å². The van der Waals surface area contributed by atoms with E-state index in [0.29, 0.717) is 0 Å². The van der Waals surface area contributed by atoms with Gasteiger partial charge in [0.25, 0.3) is 0 Å². The zero-order valence-corrected chi connectivity index (χ0v) is 29.3. The van der Waals surface area contributed by atoms with E-state index in [1.165, 1.54) is 7.05 Å². The van der Waals surface area contributed by atoms with Crippen LogP contribution in [0.5, 0.6) is 0 Å². The van der Waals surface area contributed by atoms with Crippen molar-refractivity contribution in [3.05, 3.63) is 0 Å². The fourth-order valence-electron chi connectivity index (χ4n) is 3.60. The molecule has 8 amide bonds. The zero-order chi connectivity index (χ0) is 39.6. The number of esters is 3. The van der Waals surface area contributed by atoms with Crippen LogP contribution in [0.1, 0.15) is 0 Å². The Hall–Kier alpha value is -5.91. The van der Waals surface area contributed by atoms with Crippen LogP contribution in [0, 0.1) is 0 Å². The van der Waals surface area contributed by atoms with E-state index in [0.717, 1.165) is 36.0 Å². The van der Waals surface area contributed by atoms with Crippen LogP contribution < -0.4 is 37.6 Å². The Morgan fingerprint density at radius 1 is 0.442 bits per heavy atom. The van der Waals surface area contributed by atoms with Crippen LogP contribution in [0.25, 0.3) is 0 Å². The second-order valence-corrected chi connectivity index (χ2v) is 10.2. The lowest BCUT2D eigenvalue weighted by molar-refractivity contribution is -0.148. The summed E-state index contributed by atoms with van der Waals surface area (Å²) in [7, 11) is 4.74. The number of carbonyl (C=O) groups excluding carboxylic acids is 11. The van der Waals surface area contributed by atoms with E-state index in [1.807, 2.05) is 0 Å². The van der Waals surface area contributed by atoms with Crippen molar-refractivity contribution in [1.82, 2.24) is 46.6 Å². The molecule has 0 saturated carbocycles. The maximum absolute atomic E-state index is 12.8. The molecule has 0 aliphatic heterocycles. The predicted molar refractivity (Wildman–Crippen MR) is 174 cm³/mol. The van der Waals surface area contributed by atoms with Gasteiger partial charge in [-0.3, -0.25) is 52.7 Å². The fourth-order valence-corrected chi connectivity index (χ4v) is 3.60. The largest absolute Gasteiger partial charge is 0.468 e. The number of nitrogens with two attached hydrogens (primary N) is 1. The van der Waals surface area contributed by atoms with Gasteiger partial charge in [-0.15, -0.1) is 0 Å². The minimum Gasteiger partial charge on any atom is -0.468 e. The second-order valence-electron chi connectivity index (χ2n) is 10.2. The first-order valence-electron chi connectivity index (χ1n) is 15.3. The van der Waals surface area contributed by atoms with Crippen LogP contribution >= 0.6 is 0 Å². The quantitative estimate of drug-likeness (QED) is 0.0274. The normalized spacial score (nSPS) is 10.0. The molecule has 0 aromatic rings. The molecule has 0 aromatic heterocycles. The lowest BCUT2D eigenvalue weighted by Gasteiger charge is -2.22. The van der Waals surface area contributed by atoms with E-state index in [1.54, 1.807) is 0 Å². The van der Waals surface area contributed by atoms with Crippen LogP contribution in [-0.2, 0) is 67.0 Å². The Morgan fingerprint density at radius 3 is 1.12 bits per heavy atom. The van der Waals surface area contributed by atoms with Gasteiger partial charge >= 0.3 is 17.9 Å². The molecule has 52 heavy (non-hydrogen) atoms. The molecule has 0 bridgehead atoms. The van der Waals surface area contributed by atoms with E-state index in [2.05, 4.69) is 46.1 Å². The number of nitrogens with zero attached hydrogens (tertiary/aromatic N) is 3. The first-order chi connectivity index (χ1) is 24.6. The predicted octanol–water partition coefficient (Wildman–Crippen LogP) is -8.25. The standard InChI is InChI=1S/C28H46N10O14/c1-30-9-23(44)36(15-26(47)50-2)12-20(41)31-5-6-32-21(42)13-37(16-27(48)51-3)25(46)11-35-19(40)8-33-22(43)14-38(17-28(49)52-4)24(45)10-34-18(39)7-29/h30H,5-17,29H2,1-4H3,(H,31,41)(H,32,42)(H,33,43)(H,34,39)(H,35,40). The number of amides is 8. The van der Waals surface area contributed by atoms with Gasteiger partial charge in [0.2, 0.25) is 47.3 Å². The molecular weight excluding hydrogens is 700 g/mol. The van der Waals surface area contributed by atoms with E-state index < -0.39 is 131 Å². The van der Waals surface area contributed by atoms with Crippen LogP contribution in [-0.4, -0.2) is 193 Å². The van der Waals surface area contributed by atoms with Crippen molar-refractivity contribution < 1.29 is 67.0 Å². The van der Waals surface area contributed by atoms with E-state index in [9.17, 15) is 52.7 Å². The highest BCUT2D eigenvalue weighted by atomic mass is 16.5. The summed E-state index contributed by atoms with van der Waals surface area (Å²) in [6.07, 6.45) is 0. The van der Waals surface area contributed by atoms with Crippen molar-refractivity contribution in [2.24, 2.45) is 5.73 Å². The Balaban J connectivity index is 4.98. The van der Waals surface area contributed by atoms with Gasteiger partial charge in [-0.1, -0.05) is 0 Å². The van der Waals surface area contributed by atoms with E-state index >= 15 is 0 Å². The summed E-state index contributed by atoms with van der Waals surface area (Å²) in [6, 6.07) is 0. The summed E-state index contributed by atoms with van der Waals surface area (Å²) < 4.78 is 13.6. The summed E-state index contributed by atoms with van der Waals surface area (Å²) in [5.74, 6) is -8.55. The van der Waals surface area contributed by atoms with Crippen LogP contribution in [0.2, 0.25) is 0 Å². The number of carbonyl (C=O) groups is 11. The first kappa shape index (κ1) is 46.1. The van der Waals surface area contributed by atoms with Gasteiger partial charge in [-0.2, -0.15) is 0 Å². The topological polar surface area (TPSA) is 323 Å². The van der Waals surface area contributed by atoms with Crippen molar-refractivity contribution >= 4 is 65.2 Å². The van der Waals surface area contributed by atoms with Crippen LogP contribution in [0.4, 0.5) is 0 Å². The molecule has 0 aromatic carbocycles. The van der Waals surface area contributed by atoms with Gasteiger partial charge in [0.1, 0.15) is 39.3 Å². The monoisotopic (exact) mass is 746 g/mol. The molecule has 0 spiro atoms. The van der Waals surface area contributed by atoms with Gasteiger partial charge < -0.3 is 66.5 Å². The molecule has 0 rings (SSSR count). The molecule has 24 heteroatoms. The minimum atomic E-state index is -0.889. The molecule has 0 radical (unpaired) electrons. The van der Waals surface area contributed by atoms with E-state index in [4.69, 9.17) is 5.73 Å². The number of hydrogen-bond acceptors (Lipinski definition) is 16. The molecule has 24 nitrogen and oxygen atoms in total. The summed E-state index contributed by atoms with van der Waals surface area (Å²) in [4.78, 5) is 136. The maximum Gasteiger partial charge on any atom is 0.325 e. The summed E-state index contributed by atoms with van der Waals surface area (Å²) in [6.45, 7) is -6.33. The highest BCUT2D eigenvalue weighted by molar-refractivity contribution is 5.94. The third kappa shape index (κ3) is 20.6. The Morgan fingerprint density at radius 2 is 0.769 bits per heavy atom. The van der Waals surface area contributed by atoms with Crippen molar-refractivity contribution in [1.29, 1.82) is 0 Å². The Kier molecular flexibility index (Phi) is 23.0. The molecule has 0 aliphatic carbocycles. The van der Waals surface area contributed by atoms with Crippen molar-refractivity contribution in [2.45, 2.75) is 0 Å². The molecule has 0 saturated heterocycles. The fraction of sp³-hybridized carbons (Fsp3) is 0.607. The highest BCUT2D eigenvalue weighted by Crippen LogP contribution is 1.95. The Bertz CT molecular complexity index is 1310. The van der Waals surface area contributed by atoms with E-state index in [-0.39, 0.29) is 19.6 Å². The maximum atomic E-state index is 12.8. The molecule has 292 valence electrons. The number of rotatable bonds is 24. The van der Waals surface area contributed by atoms with Crippen LogP contribution in [0.15, 0.2) is 0 Å². The second kappa shape index (κ2) is 26.0. The molecule has 8 N–H and O–H groups in total. The molecule has 0 unspecified atom stereocenters. The third-order valence-electron chi connectivity index (χ3n) is 6.31. The smallest absolute Gasteiger partial charge is 0.325 e. The Labute approximate surface area is 298 Å². The molecular formula is C28H46N10O14. The number of methoxy groups -OCH3 is 3. The first-order valence-corrected chi connectivity index (χ1v) is 15.3. The number of hydrogen-bond donors (Lipinski definition) is 7. The van der Waals surface area contributed by atoms with Crippen molar-refractivity contribution in [2.75, 3.05) is 113 Å². The lowest BCUT2D eigenvalue weighted by atomic mass is 10.3. The number of ether oxygens (including phenoxy) is 3.